The molecule has 1 saturated heterocycles. The summed E-state index contributed by atoms with van der Waals surface area (Å²) in [5.41, 5.74) is 9.71. The topological polar surface area (TPSA) is 91.8 Å². The minimum Gasteiger partial charge on any atom is -0.423 e. The zero-order valence-corrected chi connectivity index (χ0v) is 16.8. The fourth-order valence-corrected chi connectivity index (χ4v) is 3.15. The number of hydrazine groups is 1. The number of hydrogen-bond donors (Lipinski definition) is 3. The molecule has 1 heterocycles. The van der Waals surface area contributed by atoms with Gasteiger partial charge in [-0.25, -0.2) is 15.6 Å². The average Bonchev–Trinajstić information content (AvgIpc) is 3.10. The van der Waals surface area contributed by atoms with Crippen molar-refractivity contribution in [2.45, 2.75) is 25.4 Å². The molecule has 0 spiro atoms. The van der Waals surface area contributed by atoms with Gasteiger partial charge in [0.05, 0.1) is 11.8 Å². The Morgan fingerprint density at radius 3 is 2.59 bits per heavy atom. The lowest BCUT2D eigenvalue weighted by Crippen LogP contribution is -2.41. The van der Waals surface area contributed by atoms with Gasteiger partial charge in [-0.1, -0.05) is 12.1 Å². The SMILES string of the molecule is CC1CC(C(=O)N/N=C/c2ccc(OC(=O)c3ccccc3I)cc2)NN1. The Morgan fingerprint density at radius 2 is 1.93 bits per heavy atom. The molecule has 7 nitrogen and oxygen atoms in total. The molecule has 3 N–H and O–H groups in total. The molecule has 1 amide bonds. The van der Waals surface area contributed by atoms with Gasteiger partial charge in [0.1, 0.15) is 11.8 Å². The van der Waals surface area contributed by atoms with Crippen LogP contribution in [0.1, 0.15) is 29.3 Å². The molecule has 1 aliphatic heterocycles. The van der Waals surface area contributed by atoms with E-state index in [-0.39, 0.29) is 18.0 Å². The summed E-state index contributed by atoms with van der Waals surface area (Å²) < 4.78 is 6.22. The highest BCUT2D eigenvalue weighted by atomic mass is 127. The summed E-state index contributed by atoms with van der Waals surface area (Å²) in [7, 11) is 0. The largest absolute Gasteiger partial charge is 0.423 e. The highest BCUT2D eigenvalue weighted by molar-refractivity contribution is 14.1. The smallest absolute Gasteiger partial charge is 0.344 e. The fourth-order valence-electron chi connectivity index (χ4n) is 2.55. The van der Waals surface area contributed by atoms with E-state index < -0.39 is 5.97 Å². The minimum absolute atomic E-state index is 0.189. The highest BCUT2D eigenvalue weighted by Gasteiger charge is 2.26. The van der Waals surface area contributed by atoms with Crippen molar-refractivity contribution in [2.24, 2.45) is 5.10 Å². The van der Waals surface area contributed by atoms with E-state index in [0.717, 1.165) is 9.13 Å². The van der Waals surface area contributed by atoms with E-state index in [1.54, 1.807) is 36.4 Å². The zero-order valence-electron chi connectivity index (χ0n) is 14.6. The first-order chi connectivity index (χ1) is 13.0. The van der Waals surface area contributed by atoms with Gasteiger partial charge in [0.15, 0.2) is 0 Å². The van der Waals surface area contributed by atoms with Crippen molar-refractivity contribution in [1.82, 2.24) is 16.3 Å². The number of nitrogens with one attached hydrogen (secondary N) is 3. The van der Waals surface area contributed by atoms with Gasteiger partial charge in [0.2, 0.25) is 0 Å². The molecule has 2 aromatic carbocycles. The van der Waals surface area contributed by atoms with Gasteiger partial charge in [-0.2, -0.15) is 5.10 Å². The van der Waals surface area contributed by atoms with Crippen molar-refractivity contribution in [3.05, 3.63) is 63.2 Å². The number of benzene rings is 2. The second-order valence-corrected chi connectivity index (χ2v) is 7.31. The number of amides is 1. The number of carbonyl (C=O) groups is 2. The summed E-state index contributed by atoms with van der Waals surface area (Å²) in [6.07, 6.45) is 2.25. The third-order valence-corrected chi connectivity index (χ3v) is 4.92. The first-order valence-corrected chi connectivity index (χ1v) is 9.51. The molecule has 0 aromatic heterocycles. The molecule has 1 fully saturated rings. The minimum atomic E-state index is -0.402. The summed E-state index contributed by atoms with van der Waals surface area (Å²) >= 11 is 2.10. The van der Waals surface area contributed by atoms with E-state index in [4.69, 9.17) is 4.74 Å². The lowest BCUT2D eigenvalue weighted by Gasteiger charge is -2.07. The normalized spacial score (nSPS) is 19.2. The summed E-state index contributed by atoms with van der Waals surface area (Å²) in [4.78, 5) is 24.1. The highest BCUT2D eigenvalue weighted by Crippen LogP contribution is 2.17. The molecule has 3 rings (SSSR count). The van der Waals surface area contributed by atoms with Crippen LogP contribution in [0.25, 0.3) is 0 Å². The van der Waals surface area contributed by atoms with Crippen LogP contribution in [0.2, 0.25) is 0 Å². The molecule has 27 heavy (non-hydrogen) atoms. The van der Waals surface area contributed by atoms with Crippen molar-refractivity contribution in [1.29, 1.82) is 0 Å². The van der Waals surface area contributed by atoms with Crippen LogP contribution in [-0.4, -0.2) is 30.2 Å². The number of hydrazone groups is 1. The van der Waals surface area contributed by atoms with Gasteiger partial charge in [0.25, 0.3) is 5.91 Å². The van der Waals surface area contributed by atoms with Gasteiger partial charge in [-0.05, 0) is 77.9 Å². The van der Waals surface area contributed by atoms with Gasteiger partial charge in [-0.3, -0.25) is 10.2 Å². The summed E-state index contributed by atoms with van der Waals surface area (Å²) in [5, 5.41) is 3.96. The number of rotatable bonds is 5. The standard InChI is InChI=1S/C19H19IN4O3/c1-12-10-17(23-22-12)18(25)24-21-11-13-6-8-14(9-7-13)27-19(26)15-4-2-3-5-16(15)20/h2-9,11-12,17,22-23H,10H2,1H3,(H,24,25)/b21-11+. The van der Waals surface area contributed by atoms with Crippen LogP contribution in [0.3, 0.4) is 0 Å². The third kappa shape index (κ3) is 5.34. The van der Waals surface area contributed by atoms with E-state index >= 15 is 0 Å². The molecular weight excluding hydrogens is 459 g/mol. The van der Waals surface area contributed by atoms with Gasteiger partial charge >= 0.3 is 5.97 Å². The lowest BCUT2D eigenvalue weighted by atomic mass is 10.1. The van der Waals surface area contributed by atoms with Crippen LogP contribution in [0, 0.1) is 3.57 Å². The molecule has 0 bridgehead atoms. The molecule has 2 aromatic rings. The van der Waals surface area contributed by atoms with Crippen LogP contribution in [-0.2, 0) is 4.79 Å². The van der Waals surface area contributed by atoms with E-state index in [0.29, 0.717) is 17.7 Å². The first-order valence-electron chi connectivity index (χ1n) is 8.43. The van der Waals surface area contributed by atoms with Gasteiger partial charge in [-0.15, -0.1) is 0 Å². The predicted octanol–water partition coefficient (Wildman–Crippen LogP) is 2.22. The number of nitrogens with zero attached hydrogens (tertiary/aromatic N) is 1. The van der Waals surface area contributed by atoms with Gasteiger partial charge in [0, 0.05) is 9.61 Å². The summed E-state index contributed by atoms with van der Waals surface area (Å²) in [5.74, 6) is -0.150. The molecule has 1 aliphatic rings. The Bertz CT molecular complexity index is 854. The summed E-state index contributed by atoms with van der Waals surface area (Å²) in [6, 6.07) is 14.1. The molecular formula is C19H19IN4O3. The average molecular weight is 478 g/mol. The second-order valence-electron chi connectivity index (χ2n) is 6.15. The van der Waals surface area contributed by atoms with E-state index in [1.165, 1.54) is 6.21 Å². The Hall–Kier alpha value is -2.30. The van der Waals surface area contributed by atoms with Crippen molar-refractivity contribution < 1.29 is 14.3 Å². The third-order valence-electron chi connectivity index (χ3n) is 3.98. The van der Waals surface area contributed by atoms with Crippen LogP contribution < -0.4 is 21.0 Å². The Balaban J connectivity index is 1.53. The molecule has 2 atom stereocenters. The number of carbonyl (C=O) groups excluding carboxylic acids is 2. The van der Waals surface area contributed by atoms with Crippen molar-refractivity contribution >= 4 is 40.7 Å². The number of esters is 1. The molecule has 0 radical (unpaired) electrons. The molecule has 0 saturated carbocycles. The van der Waals surface area contributed by atoms with Crippen LogP contribution in [0.15, 0.2) is 53.6 Å². The van der Waals surface area contributed by atoms with Crippen LogP contribution >= 0.6 is 22.6 Å². The van der Waals surface area contributed by atoms with Crippen molar-refractivity contribution in [2.75, 3.05) is 0 Å². The van der Waals surface area contributed by atoms with E-state index in [1.807, 2.05) is 19.1 Å². The van der Waals surface area contributed by atoms with Gasteiger partial charge < -0.3 is 4.74 Å². The van der Waals surface area contributed by atoms with E-state index in [2.05, 4.69) is 44.0 Å². The Morgan fingerprint density at radius 1 is 1.19 bits per heavy atom. The number of hydrogen-bond acceptors (Lipinski definition) is 6. The van der Waals surface area contributed by atoms with Crippen molar-refractivity contribution in [3.63, 3.8) is 0 Å². The Labute approximate surface area is 170 Å². The van der Waals surface area contributed by atoms with E-state index in [9.17, 15) is 9.59 Å². The molecule has 140 valence electrons. The summed E-state index contributed by atoms with van der Waals surface area (Å²) in [6.45, 7) is 2.00. The zero-order chi connectivity index (χ0) is 19.2. The quantitative estimate of drug-likeness (QED) is 0.202. The lowest BCUT2D eigenvalue weighted by molar-refractivity contribution is -0.122. The maximum Gasteiger partial charge on any atom is 0.344 e. The predicted molar refractivity (Wildman–Crippen MR) is 110 cm³/mol. The first kappa shape index (κ1) is 19.5. The molecule has 8 heteroatoms. The number of ether oxygens (including phenoxy) is 1. The maximum absolute atomic E-state index is 12.2. The second kappa shape index (κ2) is 9.07. The van der Waals surface area contributed by atoms with Crippen LogP contribution in [0.4, 0.5) is 0 Å². The monoisotopic (exact) mass is 478 g/mol. The Kier molecular flexibility index (Phi) is 6.54. The fraction of sp³-hybridized carbons (Fsp3) is 0.211. The maximum atomic E-state index is 12.2. The number of halogens is 1. The molecule has 0 aliphatic carbocycles. The van der Waals surface area contributed by atoms with Crippen LogP contribution in [0.5, 0.6) is 5.75 Å². The van der Waals surface area contributed by atoms with Crippen molar-refractivity contribution in [3.8, 4) is 5.75 Å². The molecule has 2 unspecified atom stereocenters.